The van der Waals surface area contributed by atoms with Crippen LogP contribution < -0.4 is 5.73 Å². The summed E-state index contributed by atoms with van der Waals surface area (Å²) in [5.41, 5.74) is 7.31. The molecule has 0 bridgehead atoms. The van der Waals surface area contributed by atoms with E-state index in [0.29, 0.717) is 0 Å². The number of rotatable bonds is 2. The Labute approximate surface area is 82.2 Å². The van der Waals surface area contributed by atoms with Gasteiger partial charge in [0.15, 0.2) is 0 Å². The predicted molar refractivity (Wildman–Crippen MR) is 59.0 cm³/mol. The summed E-state index contributed by atoms with van der Waals surface area (Å²) in [5, 5.41) is 3.43. The maximum atomic E-state index is 6.03. The standard InChI is InChI=1S/C11H13NS/c1-2-10(12)9-5-3-4-8-6-7-13-11(8)9/h3-7,10H,2,12H2,1H3/t10-/m0/s1. The Bertz CT molecular complexity index is 405. The average Bonchev–Trinajstić information content (AvgIpc) is 2.63. The van der Waals surface area contributed by atoms with Crippen LogP contribution in [0.25, 0.3) is 10.1 Å². The number of hydrogen-bond acceptors (Lipinski definition) is 2. The highest BCUT2D eigenvalue weighted by molar-refractivity contribution is 7.17. The van der Waals surface area contributed by atoms with Crippen molar-refractivity contribution >= 4 is 21.4 Å². The lowest BCUT2D eigenvalue weighted by Gasteiger charge is -2.09. The fourth-order valence-corrected chi connectivity index (χ4v) is 2.51. The predicted octanol–water partition coefficient (Wildman–Crippen LogP) is 3.31. The van der Waals surface area contributed by atoms with E-state index < -0.39 is 0 Å². The van der Waals surface area contributed by atoms with Crippen molar-refractivity contribution in [3.63, 3.8) is 0 Å². The molecule has 0 fully saturated rings. The summed E-state index contributed by atoms with van der Waals surface area (Å²) < 4.78 is 1.34. The molecule has 2 heteroatoms. The molecule has 0 unspecified atom stereocenters. The molecule has 0 amide bonds. The number of fused-ring (bicyclic) bond motifs is 1. The van der Waals surface area contributed by atoms with E-state index >= 15 is 0 Å². The molecular weight excluding hydrogens is 178 g/mol. The summed E-state index contributed by atoms with van der Waals surface area (Å²) in [7, 11) is 0. The topological polar surface area (TPSA) is 26.0 Å². The molecule has 0 radical (unpaired) electrons. The van der Waals surface area contributed by atoms with E-state index in [1.165, 1.54) is 15.6 Å². The molecule has 2 aromatic rings. The van der Waals surface area contributed by atoms with Gasteiger partial charge >= 0.3 is 0 Å². The van der Waals surface area contributed by atoms with Crippen LogP contribution in [-0.4, -0.2) is 0 Å². The summed E-state index contributed by atoms with van der Waals surface area (Å²) in [6.07, 6.45) is 0.997. The van der Waals surface area contributed by atoms with Gasteiger partial charge in [-0.25, -0.2) is 0 Å². The highest BCUT2D eigenvalue weighted by Gasteiger charge is 2.07. The molecule has 1 aromatic heterocycles. The minimum absolute atomic E-state index is 0.183. The zero-order valence-electron chi connectivity index (χ0n) is 7.66. The Morgan fingerprint density at radius 1 is 1.38 bits per heavy atom. The van der Waals surface area contributed by atoms with Crippen molar-refractivity contribution in [2.24, 2.45) is 5.73 Å². The molecule has 2 N–H and O–H groups in total. The van der Waals surface area contributed by atoms with Gasteiger partial charge in [-0.05, 0) is 28.8 Å². The molecule has 1 atom stereocenters. The lowest BCUT2D eigenvalue weighted by Crippen LogP contribution is -2.08. The number of nitrogens with two attached hydrogens (primary N) is 1. The van der Waals surface area contributed by atoms with E-state index in [2.05, 4.69) is 36.6 Å². The smallest absolute Gasteiger partial charge is 0.0390 e. The highest BCUT2D eigenvalue weighted by atomic mass is 32.1. The van der Waals surface area contributed by atoms with Crippen LogP contribution in [0.3, 0.4) is 0 Å². The second-order valence-corrected chi connectivity index (χ2v) is 4.12. The lowest BCUT2D eigenvalue weighted by molar-refractivity contribution is 0.705. The third-order valence-corrected chi connectivity index (χ3v) is 3.33. The van der Waals surface area contributed by atoms with E-state index in [9.17, 15) is 0 Å². The van der Waals surface area contributed by atoms with Crippen LogP contribution in [0.1, 0.15) is 24.9 Å². The van der Waals surface area contributed by atoms with Gasteiger partial charge in [0.1, 0.15) is 0 Å². The third-order valence-electron chi connectivity index (χ3n) is 2.35. The normalized spacial score (nSPS) is 13.4. The first kappa shape index (κ1) is 8.73. The van der Waals surface area contributed by atoms with Crippen molar-refractivity contribution in [2.75, 3.05) is 0 Å². The molecule has 68 valence electrons. The molecule has 1 heterocycles. The van der Waals surface area contributed by atoms with Crippen LogP contribution in [0.2, 0.25) is 0 Å². The second-order valence-electron chi connectivity index (χ2n) is 3.20. The molecular formula is C11H13NS. The van der Waals surface area contributed by atoms with Gasteiger partial charge in [-0.15, -0.1) is 11.3 Å². The maximum absolute atomic E-state index is 6.03. The summed E-state index contributed by atoms with van der Waals surface area (Å²) in [4.78, 5) is 0. The largest absolute Gasteiger partial charge is 0.324 e. The van der Waals surface area contributed by atoms with Crippen LogP contribution in [-0.2, 0) is 0 Å². The lowest BCUT2D eigenvalue weighted by atomic mass is 10.0. The van der Waals surface area contributed by atoms with Crippen molar-refractivity contribution in [3.8, 4) is 0 Å². The minimum Gasteiger partial charge on any atom is -0.324 e. The van der Waals surface area contributed by atoms with Gasteiger partial charge < -0.3 is 5.73 Å². The van der Waals surface area contributed by atoms with Gasteiger partial charge in [-0.2, -0.15) is 0 Å². The highest BCUT2D eigenvalue weighted by Crippen LogP contribution is 2.28. The van der Waals surface area contributed by atoms with Crippen LogP contribution in [0.4, 0.5) is 0 Å². The quantitative estimate of drug-likeness (QED) is 0.774. The maximum Gasteiger partial charge on any atom is 0.0390 e. The van der Waals surface area contributed by atoms with Gasteiger partial charge in [0.25, 0.3) is 0 Å². The van der Waals surface area contributed by atoms with Gasteiger partial charge in [-0.3, -0.25) is 0 Å². The monoisotopic (exact) mass is 191 g/mol. The molecule has 0 saturated heterocycles. The van der Waals surface area contributed by atoms with E-state index in [1.807, 2.05) is 0 Å². The van der Waals surface area contributed by atoms with Gasteiger partial charge in [0.2, 0.25) is 0 Å². The SMILES string of the molecule is CC[C@H](N)c1cccc2ccsc12. The van der Waals surface area contributed by atoms with Crippen molar-refractivity contribution in [2.45, 2.75) is 19.4 Å². The molecule has 1 nitrogen and oxygen atoms in total. The fourth-order valence-electron chi connectivity index (χ4n) is 1.53. The molecule has 0 aliphatic carbocycles. The molecule has 1 aromatic carbocycles. The summed E-state index contributed by atoms with van der Waals surface area (Å²) in [6, 6.07) is 8.68. The summed E-state index contributed by atoms with van der Waals surface area (Å²) >= 11 is 1.78. The Kier molecular flexibility index (Phi) is 2.34. The van der Waals surface area contributed by atoms with E-state index in [-0.39, 0.29) is 6.04 Å². The Morgan fingerprint density at radius 3 is 3.00 bits per heavy atom. The van der Waals surface area contributed by atoms with E-state index in [4.69, 9.17) is 5.73 Å². The van der Waals surface area contributed by atoms with Crippen molar-refractivity contribution in [1.29, 1.82) is 0 Å². The second kappa shape index (κ2) is 3.48. The molecule has 13 heavy (non-hydrogen) atoms. The molecule has 0 spiro atoms. The van der Waals surface area contributed by atoms with E-state index in [0.717, 1.165) is 6.42 Å². The van der Waals surface area contributed by atoms with Gasteiger partial charge in [0, 0.05) is 10.7 Å². The Morgan fingerprint density at radius 2 is 2.23 bits per heavy atom. The van der Waals surface area contributed by atoms with Gasteiger partial charge in [0.05, 0.1) is 0 Å². The minimum atomic E-state index is 0.183. The van der Waals surface area contributed by atoms with Crippen LogP contribution in [0.5, 0.6) is 0 Å². The first-order chi connectivity index (χ1) is 6.33. The molecule has 2 rings (SSSR count). The molecule has 0 saturated carbocycles. The Balaban J connectivity index is 2.60. The first-order valence-corrected chi connectivity index (χ1v) is 5.42. The number of benzene rings is 1. The number of hydrogen-bond donors (Lipinski definition) is 1. The zero-order chi connectivity index (χ0) is 9.26. The fraction of sp³-hybridized carbons (Fsp3) is 0.273. The van der Waals surface area contributed by atoms with Crippen LogP contribution in [0, 0.1) is 0 Å². The van der Waals surface area contributed by atoms with Crippen molar-refractivity contribution in [3.05, 3.63) is 35.2 Å². The first-order valence-electron chi connectivity index (χ1n) is 4.54. The molecule has 0 aliphatic rings. The van der Waals surface area contributed by atoms with Crippen LogP contribution in [0.15, 0.2) is 29.6 Å². The van der Waals surface area contributed by atoms with Gasteiger partial charge in [-0.1, -0.05) is 25.1 Å². The molecule has 0 aliphatic heterocycles. The zero-order valence-corrected chi connectivity index (χ0v) is 8.47. The van der Waals surface area contributed by atoms with Crippen LogP contribution >= 0.6 is 11.3 Å². The average molecular weight is 191 g/mol. The summed E-state index contributed by atoms with van der Waals surface area (Å²) in [6.45, 7) is 2.12. The summed E-state index contributed by atoms with van der Waals surface area (Å²) in [5.74, 6) is 0. The van der Waals surface area contributed by atoms with Crippen molar-refractivity contribution < 1.29 is 0 Å². The van der Waals surface area contributed by atoms with E-state index in [1.54, 1.807) is 11.3 Å². The van der Waals surface area contributed by atoms with Crippen molar-refractivity contribution in [1.82, 2.24) is 0 Å². The third kappa shape index (κ3) is 1.47. The Hall–Kier alpha value is -0.860. The number of thiophene rings is 1.